The Labute approximate surface area is 301 Å². The first-order chi connectivity index (χ1) is 24.4. The molecule has 14 nitrogen and oxygen atoms in total. The Kier molecular flexibility index (Phi) is 21.7. The number of phosphoric acid groups is 1. The average molecular weight is 747 g/mol. The smallest absolute Gasteiger partial charge is 0.462 e. The molecule has 1 saturated carbocycles. The largest absolute Gasteiger partial charge is 0.475 e. The minimum absolute atomic E-state index is 0.0322. The third-order valence-electron chi connectivity index (χ3n) is 8.40. The van der Waals surface area contributed by atoms with E-state index in [0.717, 1.165) is 51.4 Å². The van der Waals surface area contributed by atoms with Crippen LogP contribution in [0.3, 0.4) is 0 Å². The number of hydrogen-bond acceptors (Lipinski definition) is 14. The molecule has 0 radical (unpaired) electrons. The van der Waals surface area contributed by atoms with Gasteiger partial charge in [0.2, 0.25) is 0 Å². The second-order valence-corrected chi connectivity index (χ2v) is 14.5. The van der Waals surface area contributed by atoms with E-state index in [4.69, 9.17) is 27.8 Å². The highest BCUT2D eigenvalue weighted by Gasteiger charge is 2.54. The monoisotopic (exact) mass is 746 g/mol. The van der Waals surface area contributed by atoms with Gasteiger partial charge in [0.15, 0.2) is 12.2 Å². The maximum absolute atomic E-state index is 14.3. The molecule has 1 aliphatic carbocycles. The van der Waals surface area contributed by atoms with Crippen LogP contribution in [0.4, 0.5) is 0 Å². The van der Waals surface area contributed by atoms with Gasteiger partial charge >= 0.3 is 25.7 Å². The molecule has 0 heterocycles. The molecular formula is C36H59O14P. The molecule has 15 heteroatoms. The Morgan fingerprint density at radius 3 is 1.80 bits per heavy atom. The molecule has 1 aromatic carbocycles. The molecule has 0 amide bonds. The van der Waals surface area contributed by atoms with Crippen LogP contribution < -0.4 is 0 Å². The lowest BCUT2D eigenvalue weighted by atomic mass is 9.85. The number of carbonyl (C=O) groups is 3. The van der Waals surface area contributed by atoms with Crippen molar-refractivity contribution in [1.82, 2.24) is 0 Å². The molecule has 1 fully saturated rings. The summed E-state index contributed by atoms with van der Waals surface area (Å²) in [7, 11) is -4.86. The van der Waals surface area contributed by atoms with E-state index in [0.29, 0.717) is 24.8 Å². The van der Waals surface area contributed by atoms with Crippen LogP contribution in [0.25, 0.3) is 0 Å². The predicted molar refractivity (Wildman–Crippen MR) is 186 cm³/mol. The first kappa shape index (κ1) is 44.7. The molecule has 1 unspecified atom stereocenters. The van der Waals surface area contributed by atoms with Crippen molar-refractivity contribution in [3.8, 4) is 0 Å². The van der Waals surface area contributed by atoms with Crippen LogP contribution in [0.15, 0.2) is 30.3 Å². The van der Waals surface area contributed by atoms with Crippen molar-refractivity contribution in [1.29, 1.82) is 0 Å². The zero-order valence-corrected chi connectivity index (χ0v) is 31.2. The molecule has 4 N–H and O–H groups in total. The van der Waals surface area contributed by atoms with E-state index in [1.807, 2.05) is 13.8 Å². The summed E-state index contributed by atoms with van der Waals surface area (Å²) in [5.74, 6) is -1.88. The van der Waals surface area contributed by atoms with Crippen molar-refractivity contribution in [3.63, 3.8) is 0 Å². The van der Waals surface area contributed by atoms with Crippen LogP contribution in [-0.2, 0) is 53.3 Å². The molecule has 2 rings (SSSR count). The number of carbonyl (C=O) groups excluding carboxylic acids is 3. The van der Waals surface area contributed by atoms with Crippen molar-refractivity contribution in [2.75, 3.05) is 13.2 Å². The lowest BCUT2D eigenvalue weighted by molar-refractivity contribution is -0.231. The maximum Gasteiger partial charge on any atom is 0.475 e. The zero-order valence-electron chi connectivity index (χ0n) is 30.3. The van der Waals surface area contributed by atoms with Crippen LogP contribution in [-0.4, -0.2) is 94.3 Å². The number of rotatable bonds is 26. The van der Waals surface area contributed by atoms with Gasteiger partial charge in [-0.25, -0.2) is 4.57 Å². The average Bonchev–Trinajstić information content (AvgIpc) is 3.12. The van der Waals surface area contributed by atoms with Gasteiger partial charge in [-0.05, 0) is 24.8 Å². The highest BCUT2D eigenvalue weighted by Crippen LogP contribution is 2.53. The Bertz CT molecular complexity index is 1180. The summed E-state index contributed by atoms with van der Waals surface area (Å²) >= 11 is 0. The lowest BCUT2D eigenvalue weighted by Gasteiger charge is -2.43. The van der Waals surface area contributed by atoms with E-state index in [1.165, 1.54) is 0 Å². The normalized spacial score (nSPS) is 23.6. The van der Waals surface area contributed by atoms with Crippen LogP contribution >= 0.6 is 7.82 Å². The van der Waals surface area contributed by atoms with Gasteiger partial charge in [0.05, 0.1) is 13.2 Å². The number of unbranched alkanes of at least 4 members (excludes halogenated alkanes) is 8. The van der Waals surface area contributed by atoms with E-state index in [1.54, 1.807) is 30.3 Å². The Morgan fingerprint density at radius 2 is 1.18 bits per heavy atom. The summed E-state index contributed by atoms with van der Waals surface area (Å²) in [5.41, 5.74) is 0.551. The SMILES string of the molecule is CCCCCCCC(=O)O[C@@H]1[C@H](O)[C@@H](O)[C@H](O)[C@@H](O)[C@@H]1OP(=O)(OCc1ccccc1)OC[C@@H](COC(=O)CCCCC)OC(=O)CCCCC. The number of phosphoric ester groups is 1. The second-order valence-electron chi connectivity index (χ2n) is 12.9. The van der Waals surface area contributed by atoms with Crippen molar-refractivity contribution in [3.05, 3.63) is 35.9 Å². The van der Waals surface area contributed by atoms with Gasteiger partial charge in [-0.3, -0.25) is 28.0 Å². The van der Waals surface area contributed by atoms with Gasteiger partial charge in [-0.1, -0.05) is 102 Å². The lowest BCUT2D eigenvalue weighted by Crippen LogP contribution is -2.65. The van der Waals surface area contributed by atoms with Crippen LogP contribution in [0.2, 0.25) is 0 Å². The summed E-state index contributed by atoms with van der Waals surface area (Å²) in [6.07, 6.45) is -3.82. The summed E-state index contributed by atoms with van der Waals surface area (Å²) in [6, 6.07) is 8.53. The molecule has 292 valence electrons. The first-order valence-electron chi connectivity index (χ1n) is 18.3. The minimum Gasteiger partial charge on any atom is -0.462 e. The summed E-state index contributed by atoms with van der Waals surface area (Å²) < 4.78 is 47.6. The number of benzene rings is 1. The predicted octanol–water partition coefficient (Wildman–Crippen LogP) is 5.06. The van der Waals surface area contributed by atoms with Gasteiger partial charge in [0, 0.05) is 19.3 Å². The number of hydrogen-bond donors (Lipinski definition) is 4. The van der Waals surface area contributed by atoms with Gasteiger partial charge in [0.25, 0.3) is 0 Å². The topological polar surface area (TPSA) is 205 Å². The Morgan fingerprint density at radius 1 is 0.647 bits per heavy atom. The summed E-state index contributed by atoms with van der Waals surface area (Å²) in [6.45, 7) is 4.64. The van der Waals surface area contributed by atoms with E-state index >= 15 is 0 Å². The molecule has 1 aliphatic rings. The van der Waals surface area contributed by atoms with Gasteiger partial charge in [-0.15, -0.1) is 0 Å². The van der Waals surface area contributed by atoms with Crippen molar-refractivity contribution in [2.24, 2.45) is 0 Å². The highest BCUT2D eigenvalue weighted by atomic mass is 31.2. The first-order valence-corrected chi connectivity index (χ1v) is 19.8. The summed E-state index contributed by atoms with van der Waals surface area (Å²) in [5, 5.41) is 42.7. The van der Waals surface area contributed by atoms with Crippen LogP contribution in [0.5, 0.6) is 0 Å². The minimum atomic E-state index is -4.86. The molecule has 8 atom stereocenters. The molecular weight excluding hydrogens is 687 g/mol. The quantitative estimate of drug-likeness (QED) is 0.0424. The number of esters is 3. The highest BCUT2D eigenvalue weighted by molar-refractivity contribution is 7.48. The maximum atomic E-state index is 14.3. The zero-order chi connectivity index (χ0) is 37.6. The van der Waals surface area contributed by atoms with Gasteiger partial charge in [0.1, 0.15) is 37.1 Å². The Balaban J connectivity index is 2.31. The Hall–Kier alpha value is -2.42. The van der Waals surface area contributed by atoms with Crippen LogP contribution in [0.1, 0.15) is 116 Å². The summed E-state index contributed by atoms with van der Waals surface area (Å²) in [4.78, 5) is 37.8. The number of aliphatic hydroxyl groups excluding tert-OH is 4. The molecule has 0 spiro atoms. The van der Waals surface area contributed by atoms with Crippen molar-refractivity contribution >= 4 is 25.7 Å². The molecule has 0 saturated heterocycles. The van der Waals surface area contributed by atoms with Crippen LogP contribution in [0, 0.1) is 0 Å². The van der Waals surface area contributed by atoms with E-state index < -0.39 is 81.7 Å². The third-order valence-corrected chi connectivity index (χ3v) is 9.81. The fourth-order valence-electron chi connectivity index (χ4n) is 5.33. The van der Waals surface area contributed by atoms with Gasteiger partial charge < -0.3 is 34.6 Å². The molecule has 0 aliphatic heterocycles. The molecule has 0 aromatic heterocycles. The van der Waals surface area contributed by atoms with E-state index in [9.17, 15) is 39.4 Å². The van der Waals surface area contributed by atoms with Crippen molar-refractivity contribution in [2.45, 2.75) is 160 Å². The molecule has 0 bridgehead atoms. The standard InChI is InChI=1S/C36H59O14P/c1-4-7-10-11-17-22-30(39)49-35-33(42)31(40)32(41)34(43)36(35)50-51(44,46-23-26-18-15-12-16-19-26)47-25-27(48-29(38)21-14-9-6-3)24-45-28(37)20-13-8-5-2/h12,15-16,18-19,27,31-36,40-43H,4-11,13-14,17,20-25H2,1-3H3/t27-,31+,32+,33-,34-,35-,36+,51?/m1/s1. The van der Waals surface area contributed by atoms with E-state index in [2.05, 4.69) is 6.92 Å². The molecule has 1 aromatic rings. The molecule has 51 heavy (non-hydrogen) atoms. The number of ether oxygens (including phenoxy) is 3. The van der Waals surface area contributed by atoms with Crippen molar-refractivity contribution < 1.29 is 67.2 Å². The fourth-order valence-corrected chi connectivity index (χ4v) is 6.73. The van der Waals surface area contributed by atoms with Gasteiger partial charge in [-0.2, -0.15) is 0 Å². The second kappa shape index (κ2) is 24.8. The van der Waals surface area contributed by atoms with E-state index in [-0.39, 0.29) is 25.9 Å². The third kappa shape index (κ3) is 16.9. The number of aliphatic hydroxyl groups is 4. The fraction of sp³-hybridized carbons (Fsp3) is 0.750.